The van der Waals surface area contributed by atoms with Crippen LogP contribution in [0.2, 0.25) is 0 Å². The fourth-order valence-electron chi connectivity index (χ4n) is 4.68. The van der Waals surface area contributed by atoms with Gasteiger partial charge in [-0.3, -0.25) is 0 Å². The lowest BCUT2D eigenvalue weighted by molar-refractivity contribution is 0.125. The molecule has 1 fully saturated rings. The van der Waals surface area contributed by atoms with Crippen molar-refractivity contribution >= 4 is 51.6 Å². The molecule has 1 aliphatic rings. The van der Waals surface area contributed by atoms with Crippen LogP contribution in [0.25, 0.3) is 43.5 Å². The normalized spacial score (nSPS) is 15.3. The molecular formula is C26H24NO3P. The van der Waals surface area contributed by atoms with Crippen LogP contribution in [-0.4, -0.2) is 26.3 Å². The van der Waals surface area contributed by atoms with E-state index in [0.29, 0.717) is 13.2 Å². The van der Waals surface area contributed by atoms with E-state index in [1.54, 1.807) is 0 Å². The van der Waals surface area contributed by atoms with Crippen molar-refractivity contribution in [2.45, 2.75) is 13.8 Å². The smallest absolute Gasteiger partial charge is 0.309 e. The van der Waals surface area contributed by atoms with Crippen LogP contribution in [-0.2, 0) is 4.74 Å². The molecule has 5 heteroatoms. The Bertz CT molecular complexity index is 1400. The molecule has 0 N–H and O–H groups in total. The third-order valence-electron chi connectivity index (χ3n) is 6.18. The summed E-state index contributed by atoms with van der Waals surface area (Å²) in [6, 6.07) is 21.6. The molecule has 0 amide bonds. The van der Waals surface area contributed by atoms with Crippen LogP contribution in [0.1, 0.15) is 11.1 Å². The van der Waals surface area contributed by atoms with Crippen LogP contribution in [0.15, 0.2) is 69.1 Å². The SMILES string of the molecule is Cc1cc2ccccc2c2c1op(N1CCOCC1)oc1c(C)cc3ccccc3c12. The Morgan fingerprint density at radius 1 is 0.710 bits per heavy atom. The maximum atomic E-state index is 6.73. The Hall–Kier alpha value is -2.78. The first-order valence-corrected chi connectivity index (χ1v) is 11.9. The second kappa shape index (κ2) is 7.42. The predicted molar refractivity (Wildman–Crippen MR) is 130 cm³/mol. The van der Waals surface area contributed by atoms with E-state index in [-0.39, 0.29) is 0 Å². The van der Waals surface area contributed by atoms with E-state index in [9.17, 15) is 0 Å². The number of morpholine rings is 1. The lowest BCUT2D eigenvalue weighted by Gasteiger charge is -2.23. The van der Waals surface area contributed by atoms with E-state index >= 15 is 0 Å². The monoisotopic (exact) mass is 429 g/mol. The van der Waals surface area contributed by atoms with E-state index in [1.165, 1.54) is 21.5 Å². The molecule has 0 unspecified atom stereocenters. The van der Waals surface area contributed by atoms with Crippen molar-refractivity contribution < 1.29 is 13.1 Å². The highest BCUT2D eigenvalue weighted by molar-refractivity contribution is 7.39. The van der Waals surface area contributed by atoms with E-state index < -0.39 is 8.16 Å². The van der Waals surface area contributed by atoms with Crippen LogP contribution in [0.4, 0.5) is 0 Å². The first-order valence-electron chi connectivity index (χ1n) is 10.7. The minimum atomic E-state index is -1.28. The van der Waals surface area contributed by atoms with Crippen LogP contribution < -0.4 is 4.67 Å². The fourth-order valence-corrected chi connectivity index (χ4v) is 6.22. The topological polar surface area (TPSA) is 38.8 Å². The lowest BCUT2D eigenvalue weighted by atomic mass is 9.95. The minimum Gasteiger partial charge on any atom is -0.407 e. The maximum Gasteiger partial charge on any atom is 0.309 e. The van der Waals surface area contributed by atoms with Crippen LogP contribution in [0.5, 0.6) is 0 Å². The summed E-state index contributed by atoms with van der Waals surface area (Å²) in [6.45, 7) is 7.32. The molecule has 0 aliphatic carbocycles. The number of hydrogen-bond donors (Lipinski definition) is 0. The van der Waals surface area contributed by atoms with Gasteiger partial charge in [-0.1, -0.05) is 48.5 Å². The predicted octanol–water partition coefficient (Wildman–Crippen LogP) is 7.18. The van der Waals surface area contributed by atoms with E-state index in [4.69, 9.17) is 13.1 Å². The molecule has 1 aromatic heterocycles. The number of nitrogens with zero attached hydrogens (tertiary/aromatic N) is 1. The van der Waals surface area contributed by atoms with Crippen molar-refractivity contribution in [1.82, 2.24) is 0 Å². The van der Waals surface area contributed by atoms with Gasteiger partial charge >= 0.3 is 8.16 Å². The summed E-state index contributed by atoms with van der Waals surface area (Å²) >= 11 is 0. The highest BCUT2D eigenvalue weighted by atomic mass is 31.1. The standard InChI is InChI=1S/C26H24NO3P/c1-17-15-19-7-3-5-9-21(19)23-24-22-10-6-4-8-20(22)16-18(2)26(24)30-31(29-25(17)23)27-11-13-28-14-12-27/h3-10,15-16H,11-14H2,1-2H3. The molecule has 4 aromatic carbocycles. The maximum absolute atomic E-state index is 6.73. The Kier molecular flexibility index (Phi) is 4.53. The zero-order valence-electron chi connectivity index (χ0n) is 17.7. The molecule has 5 aromatic rings. The van der Waals surface area contributed by atoms with E-state index in [2.05, 4.69) is 79.2 Å². The molecule has 0 radical (unpaired) electrons. The van der Waals surface area contributed by atoms with Crippen molar-refractivity contribution in [3.05, 3.63) is 71.8 Å². The summed E-state index contributed by atoms with van der Waals surface area (Å²) in [5.74, 6) is 0. The van der Waals surface area contributed by atoms with Gasteiger partial charge < -0.3 is 13.1 Å². The molecule has 0 bridgehead atoms. The zero-order valence-corrected chi connectivity index (χ0v) is 18.6. The first-order chi connectivity index (χ1) is 15.2. The van der Waals surface area contributed by atoms with Crippen molar-refractivity contribution in [2.75, 3.05) is 31.0 Å². The van der Waals surface area contributed by atoms with Gasteiger partial charge in [-0.25, -0.2) is 0 Å². The van der Waals surface area contributed by atoms with Gasteiger partial charge in [-0.2, -0.15) is 4.67 Å². The number of benzene rings is 4. The molecule has 0 saturated carbocycles. The number of rotatable bonds is 1. The summed E-state index contributed by atoms with van der Waals surface area (Å²) in [4.78, 5) is 0. The van der Waals surface area contributed by atoms with Crippen LogP contribution in [0.3, 0.4) is 0 Å². The second-order valence-electron chi connectivity index (χ2n) is 8.22. The van der Waals surface area contributed by atoms with Gasteiger partial charge in [-0.15, -0.1) is 0 Å². The summed E-state index contributed by atoms with van der Waals surface area (Å²) in [6.07, 6.45) is 0. The molecule has 1 aliphatic heterocycles. The molecule has 0 spiro atoms. The number of aryl methyl sites for hydroxylation is 2. The van der Waals surface area contributed by atoms with Crippen molar-refractivity contribution in [3.8, 4) is 0 Å². The second-order valence-corrected chi connectivity index (χ2v) is 9.63. The lowest BCUT2D eigenvalue weighted by Crippen LogP contribution is -2.33. The number of hydrogen-bond acceptors (Lipinski definition) is 4. The Labute approximate surface area is 181 Å². The van der Waals surface area contributed by atoms with Gasteiger partial charge in [0, 0.05) is 23.9 Å². The quantitative estimate of drug-likeness (QED) is 0.283. The van der Waals surface area contributed by atoms with Crippen LogP contribution in [0, 0.1) is 13.8 Å². The number of fused-ring (bicyclic) bond motifs is 7. The van der Waals surface area contributed by atoms with Crippen molar-refractivity contribution in [2.24, 2.45) is 0 Å². The third kappa shape index (κ3) is 3.06. The molecule has 31 heavy (non-hydrogen) atoms. The molecule has 1 saturated heterocycles. The summed E-state index contributed by atoms with van der Waals surface area (Å²) in [5.41, 5.74) is 4.14. The highest BCUT2D eigenvalue weighted by Gasteiger charge is 2.21. The number of ether oxygens (including phenoxy) is 1. The van der Waals surface area contributed by atoms with Gasteiger partial charge in [0.05, 0.1) is 13.2 Å². The van der Waals surface area contributed by atoms with Gasteiger partial charge in [0.2, 0.25) is 0 Å². The van der Waals surface area contributed by atoms with Crippen molar-refractivity contribution in [1.29, 1.82) is 0 Å². The van der Waals surface area contributed by atoms with E-state index in [1.807, 2.05) is 0 Å². The Morgan fingerprint density at radius 2 is 1.19 bits per heavy atom. The van der Waals surface area contributed by atoms with Gasteiger partial charge in [0.15, 0.2) is 0 Å². The minimum absolute atomic E-state index is 0.707. The molecule has 6 rings (SSSR count). The van der Waals surface area contributed by atoms with Crippen molar-refractivity contribution in [3.63, 3.8) is 0 Å². The fraction of sp³-hybridized carbons (Fsp3) is 0.231. The Balaban J connectivity index is 1.91. The Morgan fingerprint density at radius 3 is 1.71 bits per heavy atom. The zero-order chi connectivity index (χ0) is 20.9. The highest BCUT2D eigenvalue weighted by Crippen LogP contribution is 2.44. The molecule has 4 nitrogen and oxygen atoms in total. The largest absolute Gasteiger partial charge is 0.407 e. The van der Waals surface area contributed by atoms with Gasteiger partial charge in [0.25, 0.3) is 0 Å². The first kappa shape index (κ1) is 18.9. The molecule has 156 valence electrons. The molecule has 2 heterocycles. The van der Waals surface area contributed by atoms with Gasteiger partial charge in [0.1, 0.15) is 11.2 Å². The summed E-state index contributed by atoms with van der Waals surface area (Å²) in [7, 11) is -1.28. The molecule has 0 atom stereocenters. The average molecular weight is 429 g/mol. The van der Waals surface area contributed by atoms with Gasteiger partial charge in [-0.05, 0) is 58.7 Å². The van der Waals surface area contributed by atoms with Crippen LogP contribution >= 0.6 is 8.16 Å². The summed E-state index contributed by atoms with van der Waals surface area (Å²) in [5, 5.41) is 7.12. The third-order valence-corrected chi connectivity index (χ3v) is 7.72. The van der Waals surface area contributed by atoms with E-state index in [0.717, 1.165) is 46.2 Å². The molecular weight excluding hydrogens is 405 g/mol. The average Bonchev–Trinajstić information content (AvgIpc) is 2.99. The summed E-state index contributed by atoms with van der Waals surface area (Å²) < 4.78 is 21.3.